The Balaban J connectivity index is 1.80. The van der Waals surface area contributed by atoms with E-state index < -0.39 is 11.2 Å². The van der Waals surface area contributed by atoms with Gasteiger partial charge in [0.2, 0.25) is 0 Å². The monoisotopic (exact) mass is 395 g/mol. The predicted molar refractivity (Wildman–Crippen MR) is 119 cm³/mol. The van der Waals surface area contributed by atoms with Crippen LogP contribution in [0.15, 0.2) is 48.5 Å². The zero-order valence-corrected chi connectivity index (χ0v) is 17.4. The van der Waals surface area contributed by atoms with Crippen molar-refractivity contribution in [2.45, 2.75) is 38.9 Å². The molecule has 3 aromatic carbocycles. The molecule has 0 saturated heterocycles. The SMILES string of the molecule is CC(C)(O)C(C)(C)O[B]c1cc(Cl)c2c(c1)sc1c3ccccc3ccc12. The van der Waals surface area contributed by atoms with E-state index in [9.17, 15) is 5.11 Å². The summed E-state index contributed by atoms with van der Waals surface area (Å²) in [4.78, 5) is 0. The van der Waals surface area contributed by atoms with Gasteiger partial charge in [-0.1, -0.05) is 53.5 Å². The van der Waals surface area contributed by atoms with E-state index in [1.54, 1.807) is 32.7 Å². The summed E-state index contributed by atoms with van der Waals surface area (Å²) in [5, 5.41) is 15.7. The molecule has 137 valence electrons. The summed E-state index contributed by atoms with van der Waals surface area (Å²) in [6, 6.07) is 16.7. The van der Waals surface area contributed by atoms with Gasteiger partial charge in [-0.25, -0.2) is 0 Å². The van der Waals surface area contributed by atoms with Gasteiger partial charge in [0.25, 0.3) is 0 Å². The number of fused-ring (bicyclic) bond motifs is 5. The van der Waals surface area contributed by atoms with Crippen molar-refractivity contribution in [2.75, 3.05) is 0 Å². The quantitative estimate of drug-likeness (QED) is 0.451. The van der Waals surface area contributed by atoms with Crippen LogP contribution >= 0.6 is 22.9 Å². The molecule has 0 bridgehead atoms. The molecule has 1 aromatic heterocycles. The third-order valence-electron chi connectivity index (χ3n) is 5.40. The molecule has 1 heterocycles. The van der Waals surface area contributed by atoms with Gasteiger partial charge in [-0.05, 0) is 50.6 Å². The molecule has 5 heteroatoms. The third-order valence-corrected chi connectivity index (χ3v) is 6.88. The standard InChI is InChI=1S/C22H21BClO2S/c1-21(2,25)22(3,4)26-23-14-11-17(24)19-16-10-9-13-7-5-6-8-15(13)20(16)27-18(19)12-14/h5-12,25H,1-4H3. The summed E-state index contributed by atoms with van der Waals surface area (Å²) in [6.45, 7) is 7.23. The van der Waals surface area contributed by atoms with Crippen LogP contribution in [0, 0.1) is 0 Å². The first-order chi connectivity index (χ1) is 12.7. The minimum atomic E-state index is -0.964. The summed E-state index contributed by atoms with van der Waals surface area (Å²) < 4.78 is 8.28. The zero-order chi connectivity index (χ0) is 19.4. The van der Waals surface area contributed by atoms with Crippen LogP contribution in [0.3, 0.4) is 0 Å². The Morgan fingerprint density at radius 3 is 2.48 bits per heavy atom. The second kappa shape index (κ2) is 6.49. The van der Waals surface area contributed by atoms with Crippen LogP contribution in [0.5, 0.6) is 0 Å². The molecule has 27 heavy (non-hydrogen) atoms. The molecule has 4 rings (SSSR count). The van der Waals surface area contributed by atoms with E-state index in [0.717, 1.165) is 15.5 Å². The molecule has 2 nitrogen and oxygen atoms in total. The number of hydrogen-bond donors (Lipinski definition) is 1. The van der Waals surface area contributed by atoms with E-state index >= 15 is 0 Å². The first-order valence-electron chi connectivity index (χ1n) is 8.94. The Morgan fingerprint density at radius 1 is 1.00 bits per heavy atom. The molecule has 0 saturated carbocycles. The van der Waals surface area contributed by atoms with Crippen molar-refractivity contribution in [3.8, 4) is 0 Å². The van der Waals surface area contributed by atoms with Crippen molar-refractivity contribution in [1.29, 1.82) is 0 Å². The van der Waals surface area contributed by atoms with Crippen molar-refractivity contribution in [3.63, 3.8) is 0 Å². The summed E-state index contributed by atoms with van der Waals surface area (Å²) >= 11 is 8.40. The fourth-order valence-corrected chi connectivity index (χ4v) is 4.73. The van der Waals surface area contributed by atoms with Gasteiger partial charge < -0.3 is 9.76 Å². The van der Waals surface area contributed by atoms with Crippen LogP contribution in [0.4, 0.5) is 0 Å². The Bertz CT molecular complexity index is 1160. The first kappa shape index (κ1) is 18.8. The summed E-state index contributed by atoms with van der Waals surface area (Å²) in [5.74, 6) is 0. The highest BCUT2D eigenvalue weighted by atomic mass is 35.5. The molecule has 1 N–H and O–H groups in total. The molecule has 0 amide bonds. The van der Waals surface area contributed by atoms with Crippen LogP contribution in [-0.4, -0.2) is 23.8 Å². The minimum Gasteiger partial charge on any atom is -0.427 e. The first-order valence-corrected chi connectivity index (χ1v) is 10.1. The number of rotatable bonds is 4. The average molecular weight is 396 g/mol. The lowest BCUT2D eigenvalue weighted by Gasteiger charge is -2.37. The van der Waals surface area contributed by atoms with Crippen molar-refractivity contribution in [2.24, 2.45) is 0 Å². The molecule has 0 fully saturated rings. The van der Waals surface area contributed by atoms with Gasteiger partial charge in [0.15, 0.2) is 0 Å². The molecule has 0 aliphatic carbocycles. The van der Waals surface area contributed by atoms with E-state index in [2.05, 4.69) is 42.5 Å². The topological polar surface area (TPSA) is 29.5 Å². The highest BCUT2D eigenvalue weighted by molar-refractivity contribution is 7.26. The van der Waals surface area contributed by atoms with Crippen molar-refractivity contribution in [1.82, 2.24) is 0 Å². The smallest absolute Gasteiger partial charge is 0.331 e. The van der Waals surface area contributed by atoms with Gasteiger partial charge in [-0.15, -0.1) is 11.3 Å². The van der Waals surface area contributed by atoms with Crippen LogP contribution in [0.2, 0.25) is 5.02 Å². The van der Waals surface area contributed by atoms with E-state index in [0.29, 0.717) is 5.02 Å². The third kappa shape index (κ3) is 3.25. The Kier molecular flexibility index (Phi) is 4.51. The van der Waals surface area contributed by atoms with E-state index in [4.69, 9.17) is 16.3 Å². The minimum absolute atomic E-state index is 0.713. The molecular weight excluding hydrogens is 375 g/mol. The van der Waals surface area contributed by atoms with Gasteiger partial charge in [0, 0.05) is 25.2 Å². The normalized spacial score (nSPS) is 13.0. The Labute approximate surface area is 169 Å². The van der Waals surface area contributed by atoms with Gasteiger partial charge >= 0.3 is 7.48 Å². The number of aliphatic hydroxyl groups is 1. The van der Waals surface area contributed by atoms with Gasteiger partial charge in [-0.2, -0.15) is 0 Å². The lowest BCUT2D eigenvalue weighted by molar-refractivity contribution is -0.0893. The summed E-state index contributed by atoms with van der Waals surface area (Å²) in [6.07, 6.45) is 0. The lowest BCUT2D eigenvalue weighted by Crippen LogP contribution is -2.49. The molecule has 0 unspecified atom stereocenters. The maximum absolute atomic E-state index is 10.3. The number of halogens is 1. The summed E-state index contributed by atoms with van der Waals surface area (Å²) in [5.41, 5.74) is -0.792. The second-order valence-corrected chi connectivity index (χ2v) is 9.41. The number of hydrogen-bond acceptors (Lipinski definition) is 3. The molecule has 4 aromatic rings. The molecule has 1 radical (unpaired) electrons. The highest BCUT2D eigenvalue weighted by Gasteiger charge is 2.35. The molecular formula is C22H21BClO2S. The van der Waals surface area contributed by atoms with Gasteiger partial charge in [0.1, 0.15) is 0 Å². The molecule has 0 atom stereocenters. The number of benzene rings is 3. The van der Waals surface area contributed by atoms with Gasteiger partial charge in [-0.3, -0.25) is 0 Å². The molecule has 0 aliphatic heterocycles. The molecule has 0 spiro atoms. The van der Waals surface area contributed by atoms with Crippen molar-refractivity contribution >= 4 is 66.8 Å². The van der Waals surface area contributed by atoms with E-state index in [-0.39, 0.29) is 0 Å². The van der Waals surface area contributed by atoms with Crippen molar-refractivity contribution in [3.05, 3.63) is 53.6 Å². The maximum Gasteiger partial charge on any atom is 0.331 e. The number of thiophene rings is 1. The maximum atomic E-state index is 10.3. The van der Waals surface area contributed by atoms with Crippen molar-refractivity contribution < 1.29 is 9.76 Å². The molecule has 0 aliphatic rings. The fraction of sp³-hybridized carbons (Fsp3) is 0.273. The Morgan fingerprint density at radius 2 is 1.74 bits per heavy atom. The average Bonchev–Trinajstić information content (AvgIpc) is 2.98. The fourth-order valence-electron chi connectivity index (χ4n) is 3.03. The van der Waals surface area contributed by atoms with Gasteiger partial charge in [0.05, 0.1) is 11.2 Å². The van der Waals surface area contributed by atoms with E-state index in [1.807, 2.05) is 19.9 Å². The second-order valence-electron chi connectivity index (χ2n) is 7.95. The predicted octanol–water partition coefficient (Wildman–Crippen LogP) is 5.67. The summed E-state index contributed by atoms with van der Waals surface area (Å²) in [7, 11) is 1.69. The lowest BCUT2D eigenvalue weighted by atomic mass is 9.82. The highest BCUT2D eigenvalue weighted by Crippen LogP contribution is 2.40. The van der Waals surface area contributed by atoms with Crippen LogP contribution < -0.4 is 5.46 Å². The Hall–Kier alpha value is -1.59. The largest absolute Gasteiger partial charge is 0.427 e. The van der Waals surface area contributed by atoms with Crippen LogP contribution in [0.1, 0.15) is 27.7 Å². The van der Waals surface area contributed by atoms with Crippen LogP contribution in [0.25, 0.3) is 30.9 Å². The van der Waals surface area contributed by atoms with Crippen LogP contribution in [-0.2, 0) is 4.65 Å². The van der Waals surface area contributed by atoms with E-state index in [1.165, 1.54) is 20.9 Å². The zero-order valence-electron chi connectivity index (χ0n) is 15.8.